The zero-order valence-corrected chi connectivity index (χ0v) is 10.3. The Balaban J connectivity index is 2.06. The number of fused-ring (bicyclic) bond motifs is 6. The van der Waals surface area contributed by atoms with Crippen molar-refractivity contribution in [2.45, 2.75) is 18.3 Å². The minimum Gasteiger partial charge on any atom is -0.316 e. The van der Waals surface area contributed by atoms with Crippen molar-refractivity contribution < 1.29 is 0 Å². The molecule has 0 radical (unpaired) electrons. The van der Waals surface area contributed by atoms with Crippen LogP contribution in [0.15, 0.2) is 23.1 Å². The number of hydrogen-bond acceptors (Lipinski definition) is 3. The molecule has 2 aromatic rings. The van der Waals surface area contributed by atoms with Crippen molar-refractivity contribution in [3.05, 3.63) is 39.8 Å². The Hall–Kier alpha value is -1.68. The van der Waals surface area contributed by atoms with Gasteiger partial charge in [-0.3, -0.25) is 4.79 Å². The van der Waals surface area contributed by atoms with Gasteiger partial charge in [0.1, 0.15) is 0 Å². The van der Waals surface area contributed by atoms with Crippen molar-refractivity contribution >= 4 is 11.0 Å². The van der Waals surface area contributed by atoms with Gasteiger partial charge in [0.05, 0.1) is 17.2 Å². The highest BCUT2D eigenvalue weighted by atomic mass is 16.1. The molecule has 18 heavy (non-hydrogen) atoms. The zero-order valence-electron chi connectivity index (χ0n) is 10.3. The molecule has 1 N–H and O–H groups in total. The summed E-state index contributed by atoms with van der Waals surface area (Å²) >= 11 is 0. The van der Waals surface area contributed by atoms with E-state index in [1.165, 1.54) is 23.7 Å². The summed E-state index contributed by atoms with van der Waals surface area (Å²) < 4.78 is 1.69. The topological polar surface area (TPSA) is 46.9 Å². The van der Waals surface area contributed by atoms with Crippen molar-refractivity contribution in [2.75, 3.05) is 13.1 Å². The minimum atomic E-state index is -0.0402. The van der Waals surface area contributed by atoms with Crippen molar-refractivity contribution in [1.29, 1.82) is 0 Å². The molecule has 2 heterocycles. The molecule has 1 fully saturated rings. The summed E-state index contributed by atoms with van der Waals surface area (Å²) in [6.45, 7) is 2.13. The molecule has 0 saturated carbocycles. The summed E-state index contributed by atoms with van der Waals surface area (Å²) in [7, 11) is 1.82. The van der Waals surface area contributed by atoms with E-state index in [9.17, 15) is 4.79 Å². The average molecular weight is 241 g/mol. The van der Waals surface area contributed by atoms with Gasteiger partial charge in [-0.15, -0.1) is 0 Å². The smallest absolute Gasteiger partial charge is 0.269 e. The highest BCUT2D eigenvalue weighted by Crippen LogP contribution is 2.44. The van der Waals surface area contributed by atoms with Crippen LogP contribution < -0.4 is 10.9 Å². The molecule has 1 aromatic heterocycles. The van der Waals surface area contributed by atoms with Crippen LogP contribution in [0.1, 0.15) is 29.4 Å². The lowest BCUT2D eigenvalue weighted by Crippen LogP contribution is -2.28. The molecule has 2 bridgehead atoms. The summed E-state index contributed by atoms with van der Waals surface area (Å²) in [4.78, 5) is 15.9. The van der Waals surface area contributed by atoms with Crippen molar-refractivity contribution in [3.63, 3.8) is 0 Å². The van der Waals surface area contributed by atoms with E-state index in [2.05, 4.69) is 22.4 Å². The SMILES string of the molecule is Cn1c(=O)cnc2cc3c(cc21)[C@@H]1CNC[C@H]3C1. The largest absolute Gasteiger partial charge is 0.316 e. The molecule has 1 saturated heterocycles. The third kappa shape index (κ3) is 1.24. The first kappa shape index (κ1) is 10.3. The summed E-state index contributed by atoms with van der Waals surface area (Å²) in [6, 6.07) is 4.36. The van der Waals surface area contributed by atoms with Gasteiger partial charge in [0.25, 0.3) is 5.56 Å². The van der Waals surface area contributed by atoms with Gasteiger partial charge < -0.3 is 9.88 Å². The van der Waals surface area contributed by atoms with Crippen molar-refractivity contribution in [1.82, 2.24) is 14.9 Å². The average Bonchev–Trinajstić information content (AvgIpc) is 2.64. The van der Waals surface area contributed by atoms with Crippen LogP contribution in [-0.2, 0) is 7.05 Å². The highest BCUT2D eigenvalue weighted by molar-refractivity contribution is 5.77. The maximum Gasteiger partial charge on any atom is 0.269 e. The molecular formula is C14H15N3O. The summed E-state index contributed by atoms with van der Waals surface area (Å²) in [5.41, 5.74) is 4.70. The lowest BCUT2D eigenvalue weighted by atomic mass is 9.98. The van der Waals surface area contributed by atoms with Gasteiger partial charge in [-0.1, -0.05) is 0 Å². The number of nitrogens with zero attached hydrogens (tertiary/aromatic N) is 2. The first-order valence-electron chi connectivity index (χ1n) is 6.44. The van der Waals surface area contributed by atoms with Crippen LogP contribution in [0, 0.1) is 0 Å². The maximum absolute atomic E-state index is 11.6. The van der Waals surface area contributed by atoms with Gasteiger partial charge in [0.2, 0.25) is 0 Å². The number of nitrogens with one attached hydrogen (secondary N) is 1. The first-order chi connectivity index (χ1) is 8.74. The predicted molar refractivity (Wildman–Crippen MR) is 70.0 cm³/mol. The molecule has 4 heteroatoms. The van der Waals surface area contributed by atoms with E-state index in [4.69, 9.17) is 0 Å². The predicted octanol–water partition coefficient (Wildman–Crippen LogP) is 1.11. The summed E-state index contributed by atoms with van der Waals surface area (Å²) in [5, 5.41) is 3.49. The number of piperidine rings is 1. The quantitative estimate of drug-likeness (QED) is 0.751. The lowest BCUT2D eigenvalue weighted by molar-refractivity contribution is 0.454. The highest BCUT2D eigenvalue weighted by Gasteiger charge is 2.34. The molecule has 0 amide bonds. The van der Waals surface area contributed by atoms with Crippen molar-refractivity contribution in [2.24, 2.45) is 7.05 Å². The van der Waals surface area contributed by atoms with Crippen LogP contribution in [-0.4, -0.2) is 22.6 Å². The van der Waals surface area contributed by atoms with Crippen LogP contribution >= 0.6 is 0 Å². The Morgan fingerprint density at radius 1 is 1.28 bits per heavy atom. The van der Waals surface area contributed by atoms with Gasteiger partial charge in [-0.2, -0.15) is 0 Å². The molecular weight excluding hydrogens is 226 g/mol. The summed E-state index contributed by atoms with van der Waals surface area (Å²) in [6.07, 6.45) is 2.65. The van der Waals surface area contributed by atoms with E-state index < -0.39 is 0 Å². The number of benzene rings is 1. The van der Waals surface area contributed by atoms with Gasteiger partial charge in [0, 0.05) is 20.1 Å². The number of aryl methyl sites for hydroxylation is 1. The van der Waals surface area contributed by atoms with Crippen LogP contribution in [0.25, 0.3) is 11.0 Å². The van der Waals surface area contributed by atoms with Crippen LogP contribution in [0.4, 0.5) is 0 Å². The second-order valence-corrected chi connectivity index (χ2v) is 5.41. The van der Waals surface area contributed by atoms with E-state index in [1.54, 1.807) is 4.57 Å². The fraction of sp³-hybridized carbons (Fsp3) is 0.429. The number of hydrogen-bond donors (Lipinski definition) is 1. The molecule has 1 aliphatic carbocycles. The second kappa shape index (κ2) is 3.42. The Morgan fingerprint density at radius 2 is 2.00 bits per heavy atom. The molecule has 2 aliphatic rings. The molecule has 1 aromatic carbocycles. The number of rotatable bonds is 0. The monoisotopic (exact) mass is 241 g/mol. The third-order valence-electron chi connectivity index (χ3n) is 4.42. The molecule has 1 aliphatic heterocycles. The molecule has 92 valence electrons. The maximum atomic E-state index is 11.6. The lowest BCUT2D eigenvalue weighted by Gasteiger charge is -2.19. The Kier molecular flexibility index (Phi) is 1.95. The van der Waals surface area contributed by atoms with E-state index in [0.29, 0.717) is 11.8 Å². The Labute approximate surface area is 105 Å². The van der Waals surface area contributed by atoms with Gasteiger partial charge in [0.15, 0.2) is 0 Å². The van der Waals surface area contributed by atoms with Crippen LogP contribution in [0.2, 0.25) is 0 Å². The van der Waals surface area contributed by atoms with E-state index in [-0.39, 0.29) is 5.56 Å². The summed E-state index contributed by atoms with van der Waals surface area (Å²) in [5.74, 6) is 1.24. The van der Waals surface area contributed by atoms with Crippen molar-refractivity contribution in [3.8, 4) is 0 Å². The third-order valence-corrected chi connectivity index (χ3v) is 4.42. The van der Waals surface area contributed by atoms with Gasteiger partial charge >= 0.3 is 0 Å². The van der Waals surface area contributed by atoms with Crippen LogP contribution in [0.5, 0.6) is 0 Å². The molecule has 0 spiro atoms. The van der Waals surface area contributed by atoms with Gasteiger partial charge in [-0.25, -0.2) is 4.98 Å². The van der Waals surface area contributed by atoms with E-state index in [1.807, 2.05) is 7.05 Å². The Bertz CT molecular complexity index is 704. The Morgan fingerprint density at radius 3 is 2.78 bits per heavy atom. The van der Waals surface area contributed by atoms with Gasteiger partial charge in [-0.05, 0) is 41.5 Å². The fourth-order valence-electron chi connectivity index (χ4n) is 3.43. The van der Waals surface area contributed by atoms with E-state index >= 15 is 0 Å². The molecule has 4 nitrogen and oxygen atoms in total. The van der Waals surface area contributed by atoms with Crippen LogP contribution in [0.3, 0.4) is 0 Å². The standard InChI is InChI=1S/C14H15N3O/c1-17-13-4-11-9-2-8(5-15-6-9)10(11)3-12(13)16-7-14(17)18/h3-4,7-9,15H,2,5-6H2,1H3/t8-,9+/m1/s1. The zero-order chi connectivity index (χ0) is 12.3. The molecule has 2 atom stereocenters. The second-order valence-electron chi connectivity index (χ2n) is 5.41. The first-order valence-corrected chi connectivity index (χ1v) is 6.44. The molecule has 4 rings (SSSR count). The number of aromatic nitrogens is 2. The normalized spacial score (nSPS) is 25.4. The molecule has 0 unspecified atom stereocenters. The fourth-order valence-corrected chi connectivity index (χ4v) is 3.43. The minimum absolute atomic E-state index is 0.0402. The van der Waals surface area contributed by atoms with E-state index in [0.717, 1.165) is 24.1 Å².